The van der Waals surface area contributed by atoms with Crippen molar-refractivity contribution in [1.29, 1.82) is 5.26 Å². The fraction of sp³-hybridized carbons (Fsp3) is 0.176. The second-order valence-corrected chi connectivity index (χ2v) is 6.08. The summed E-state index contributed by atoms with van der Waals surface area (Å²) in [6, 6.07) is 7.66. The summed E-state index contributed by atoms with van der Waals surface area (Å²) in [7, 11) is 0. The van der Waals surface area contributed by atoms with Gasteiger partial charge in [-0.25, -0.2) is 0 Å². The number of aryl methyl sites for hydroxylation is 1. The van der Waals surface area contributed by atoms with Crippen molar-refractivity contribution >= 4 is 15.9 Å². The summed E-state index contributed by atoms with van der Waals surface area (Å²) in [5.74, 6) is 2.95. The summed E-state index contributed by atoms with van der Waals surface area (Å²) < 4.78 is 12.0. The number of nitrogens with zero attached hydrogens (tertiary/aromatic N) is 2. The van der Waals surface area contributed by atoms with Crippen LogP contribution < -0.4 is 15.2 Å². The van der Waals surface area contributed by atoms with Crippen molar-refractivity contribution in [1.82, 2.24) is 10.2 Å². The summed E-state index contributed by atoms with van der Waals surface area (Å²) in [5.41, 5.74) is 8.53. The molecular formula is C17H13BrN4O2. The summed E-state index contributed by atoms with van der Waals surface area (Å²) in [6.07, 6.45) is 5.29. The lowest BCUT2D eigenvalue weighted by atomic mass is 9.83. The first-order valence-electron chi connectivity index (χ1n) is 7.05. The van der Waals surface area contributed by atoms with E-state index in [2.05, 4.69) is 38.1 Å². The Morgan fingerprint density at radius 2 is 2.33 bits per heavy atom. The molecule has 1 atom stereocenters. The minimum atomic E-state index is -0.456. The van der Waals surface area contributed by atoms with E-state index in [1.54, 1.807) is 6.07 Å². The number of aromatic amines is 1. The Balaban J connectivity index is 2.24. The minimum Gasteiger partial charge on any atom is -0.481 e. The van der Waals surface area contributed by atoms with Crippen molar-refractivity contribution in [2.45, 2.75) is 12.8 Å². The maximum Gasteiger partial charge on any atom is 0.244 e. The standard InChI is InChI=1S/C17H13BrN4O2/c1-3-6-23-13-5-4-10(18)7-11(13)15-12(8-19)16(20)24-17-14(15)9(2)21-22-17/h1,4-5,7,15H,6,20H2,2H3,(H,21,22)/t15-/m1/s1. The number of allylic oxidation sites excluding steroid dienone is 1. The molecular weight excluding hydrogens is 372 g/mol. The molecule has 0 saturated heterocycles. The van der Waals surface area contributed by atoms with Gasteiger partial charge in [-0.05, 0) is 25.1 Å². The smallest absolute Gasteiger partial charge is 0.244 e. The molecule has 24 heavy (non-hydrogen) atoms. The largest absolute Gasteiger partial charge is 0.481 e. The third kappa shape index (κ3) is 2.60. The first-order chi connectivity index (χ1) is 11.6. The maximum atomic E-state index is 9.60. The highest BCUT2D eigenvalue weighted by atomic mass is 79.9. The van der Waals surface area contributed by atoms with Gasteiger partial charge < -0.3 is 15.2 Å². The molecule has 3 N–H and O–H groups in total. The molecule has 0 radical (unpaired) electrons. The van der Waals surface area contributed by atoms with Gasteiger partial charge in [-0.1, -0.05) is 21.9 Å². The number of nitrogens with two attached hydrogens (primary N) is 1. The van der Waals surface area contributed by atoms with Crippen LogP contribution >= 0.6 is 15.9 Å². The van der Waals surface area contributed by atoms with Gasteiger partial charge in [0, 0.05) is 21.3 Å². The Kier molecular flexibility index (Phi) is 4.20. The molecule has 0 spiro atoms. The van der Waals surface area contributed by atoms with Crippen LogP contribution in [-0.2, 0) is 0 Å². The van der Waals surface area contributed by atoms with E-state index in [-0.39, 0.29) is 12.5 Å². The fourth-order valence-electron chi connectivity index (χ4n) is 2.71. The molecule has 120 valence electrons. The fourth-order valence-corrected chi connectivity index (χ4v) is 3.08. The van der Waals surface area contributed by atoms with E-state index in [1.165, 1.54) is 0 Å². The average molecular weight is 385 g/mol. The SMILES string of the molecule is C#CCOc1ccc(Br)cc1[C@@H]1C(C#N)=C(N)Oc2n[nH]c(C)c21. The molecule has 1 aromatic carbocycles. The van der Waals surface area contributed by atoms with Gasteiger partial charge in [0.05, 0.1) is 5.92 Å². The first-order valence-corrected chi connectivity index (χ1v) is 7.84. The summed E-state index contributed by atoms with van der Waals surface area (Å²) in [4.78, 5) is 0. The van der Waals surface area contributed by atoms with E-state index in [0.29, 0.717) is 17.2 Å². The van der Waals surface area contributed by atoms with Crippen LogP contribution in [0.5, 0.6) is 11.6 Å². The molecule has 7 heteroatoms. The van der Waals surface area contributed by atoms with Crippen LogP contribution in [0.3, 0.4) is 0 Å². The first kappa shape index (κ1) is 16.0. The molecule has 1 aromatic heterocycles. The number of hydrogen-bond donors (Lipinski definition) is 2. The number of rotatable bonds is 3. The zero-order valence-electron chi connectivity index (χ0n) is 12.8. The second-order valence-electron chi connectivity index (χ2n) is 5.17. The van der Waals surface area contributed by atoms with Crippen LogP contribution in [0.15, 0.2) is 34.1 Å². The van der Waals surface area contributed by atoms with Crippen LogP contribution in [0.4, 0.5) is 0 Å². The van der Waals surface area contributed by atoms with E-state index in [4.69, 9.17) is 21.6 Å². The van der Waals surface area contributed by atoms with Gasteiger partial charge in [0.1, 0.15) is 24.0 Å². The van der Waals surface area contributed by atoms with Gasteiger partial charge in [-0.15, -0.1) is 11.5 Å². The van der Waals surface area contributed by atoms with E-state index < -0.39 is 5.92 Å². The number of benzene rings is 1. The Morgan fingerprint density at radius 1 is 1.54 bits per heavy atom. The lowest BCUT2D eigenvalue weighted by Gasteiger charge is -2.25. The molecule has 0 bridgehead atoms. The lowest BCUT2D eigenvalue weighted by Crippen LogP contribution is -2.21. The number of ether oxygens (including phenoxy) is 2. The normalized spacial score (nSPS) is 15.9. The molecule has 0 amide bonds. The highest BCUT2D eigenvalue weighted by Crippen LogP contribution is 2.45. The Hall–Kier alpha value is -2.90. The lowest BCUT2D eigenvalue weighted by molar-refractivity contribution is 0.359. The van der Waals surface area contributed by atoms with Gasteiger partial charge in [0.15, 0.2) is 0 Å². The summed E-state index contributed by atoms with van der Waals surface area (Å²) in [6.45, 7) is 1.98. The number of nitriles is 1. The van der Waals surface area contributed by atoms with Crippen LogP contribution in [-0.4, -0.2) is 16.8 Å². The number of hydrogen-bond acceptors (Lipinski definition) is 5. The molecule has 6 nitrogen and oxygen atoms in total. The quantitative estimate of drug-likeness (QED) is 0.792. The van der Waals surface area contributed by atoms with Crippen LogP contribution in [0.2, 0.25) is 0 Å². The Bertz CT molecular complexity index is 918. The zero-order chi connectivity index (χ0) is 17.3. The number of H-pyrrole nitrogens is 1. The topological polar surface area (TPSA) is 96.9 Å². The molecule has 1 aliphatic rings. The van der Waals surface area contributed by atoms with Crippen LogP contribution in [0.1, 0.15) is 22.7 Å². The van der Waals surface area contributed by atoms with Gasteiger partial charge in [0.25, 0.3) is 0 Å². The third-order valence-electron chi connectivity index (χ3n) is 3.72. The predicted molar refractivity (Wildman–Crippen MR) is 91.1 cm³/mol. The molecule has 0 aliphatic carbocycles. The van der Waals surface area contributed by atoms with E-state index in [1.807, 2.05) is 19.1 Å². The maximum absolute atomic E-state index is 9.60. The average Bonchev–Trinajstić information content (AvgIpc) is 2.93. The Morgan fingerprint density at radius 3 is 3.04 bits per heavy atom. The summed E-state index contributed by atoms with van der Waals surface area (Å²) in [5, 5.41) is 16.6. The molecule has 1 aliphatic heterocycles. The van der Waals surface area contributed by atoms with Gasteiger partial charge in [-0.2, -0.15) is 5.26 Å². The summed E-state index contributed by atoms with van der Waals surface area (Å²) >= 11 is 3.46. The monoisotopic (exact) mass is 384 g/mol. The highest BCUT2D eigenvalue weighted by molar-refractivity contribution is 9.10. The van der Waals surface area contributed by atoms with Crippen molar-refractivity contribution in [3.05, 3.63) is 50.9 Å². The van der Waals surface area contributed by atoms with Crippen molar-refractivity contribution in [3.8, 4) is 30.0 Å². The third-order valence-corrected chi connectivity index (χ3v) is 4.22. The number of terminal acetylenes is 1. The second kappa shape index (κ2) is 6.31. The van der Waals surface area contributed by atoms with Gasteiger partial charge >= 0.3 is 0 Å². The molecule has 0 saturated carbocycles. The molecule has 2 heterocycles. The number of nitrogens with one attached hydrogen (secondary N) is 1. The van der Waals surface area contributed by atoms with E-state index in [9.17, 15) is 5.26 Å². The number of aromatic nitrogens is 2. The zero-order valence-corrected chi connectivity index (χ0v) is 14.3. The molecule has 3 rings (SSSR count). The van der Waals surface area contributed by atoms with Crippen LogP contribution in [0.25, 0.3) is 0 Å². The molecule has 0 unspecified atom stereocenters. The molecule has 0 fully saturated rings. The number of halogens is 1. The highest BCUT2D eigenvalue weighted by Gasteiger charge is 2.35. The van der Waals surface area contributed by atoms with Crippen molar-refractivity contribution in [2.75, 3.05) is 6.61 Å². The number of fused-ring (bicyclic) bond motifs is 1. The van der Waals surface area contributed by atoms with Crippen LogP contribution in [0, 0.1) is 30.6 Å². The predicted octanol–water partition coefficient (Wildman–Crippen LogP) is 2.71. The van der Waals surface area contributed by atoms with E-state index in [0.717, 1.165) is 21.3 Å². The van der Waals surface area contributed by atoms with E-state index >= 15 is 0 Å². The van der Waals surface area contributed by atoms with Gasteiger partial charge in [-0.3, -0.25) is 5.10 Å². The van der Waals surface area contributed by atoms with Crippen molar-refractivity contribution < 1.29 is 9.47 Å². The van der Waals surface area contributed by atoms with Crippen molar-refractivity contribution in [2.24, 2.45) is 5.73 Å². The minimum absolute atomic E-state index is 0.0318. The Labute approximate surface area is 147 Å². The van der Waals surface area contributed by atoms with Crippen molar-refractivity contribution in [3.63, 3.8) is 0 Å². The molecule has 2 aromatic rings. The van der Waals surface area contributed by atoms with Gasteiger partial charge in [0.2, 0.25) is 11.8 Å².